The van der Waals surface area contributed by atoms with Gasteiger partial charge in [-0.3, -0.25) is 14.3 Å². The van der Waals surface area contributed by atoms with Gasteiger partial charge in [0.2, 0.25) is 0 Å². The molecule has 0 spiro atoms. The molecule has 3 aromatic rings. The SMILES string of the molecule is O=c1c2ccccc2nc(C2CCCN2CCn2nccn2)n1CC(F)(F)F. The molecular weight excluding hydrogens is 373 g/mol. The highest BCUT2D eigenvalue weighted by Crippen LogP contribution is 2.32. The van der Waals surface area contributed by atoms with E-state index in [1.807, 2.05) is 4.90 Å². The zero-order valence-electron chi connectivity index (χ0n) is 15.0. The second-order valence-electron chi connectivity index (χ2n) is 6.81. The van der Waals surface area contributed by atoms with Crippen LogP contribution in [0.1, 0.15) is 24.7 Å². The number of likely N-dealkylation sites (tertiary alicyclic amines) is 1. The highest BCUT2D eigenvalue weighted by Gasteiger charge is 2.35. The number of benzene rings is 1. The molecule has 0 amide bonds. The molecule has 1 fully saturated rings. The van der Waals surface area contributed by atoms with Crippen LogP contribution in [-0.4, -0.2) is 48.7 Å². The Bertz CT molecular complexity index is 1010. The number of rotatable bonds is 5. The van der Waals surface area contributed by atoms with Crippen molar-refractivity contribution in [3.05, 3.63) is 52.8 Å². The van der Waals surface area contributed by atoms with Gasteiger partial charge in [-0.05, 0) is 31.5 Å². The number of aromatic nitrogens is 5. The second kappa shape index (κ2) is 7.34. The third-order valence-electron chi connectivity index (χ3n) is 4.94. The maximum Gasteiger partial charge on any atom is 0.406 e. The van der Waals surface area contributed by atoms with E-state index in [9.17, 15) is 18.0 Å². The van der Waals surface area contributed by atoms with Gasteiger partial charge in [0.05, 0.1) is 35.9 Å². The van der Waals surface area contributed by atoms with Gasteiger partial charge >= 0.3 is 6.18 Å². The molecular formula is C18H19F3N6O. The zero-order valence-corrected chi connectivity index (χ0v) is 15.0. The molecule has 10 heteroatoms. The van der Waals surface area contributed by atoms with Crippen molar-refractivity contribution in [3.63, 3.8) is 0 Å². The molecule has 2 aromatic heterocycles. The van der Waals surface area contributed by atoms with Crippen molar-refractivity contribution < 1.29 is 13.2 Å². The molecule has 4 rings (SSSR count). The number of nitrogens with zero attached hydrogens (tertiary/aromatic N) is 6. The molecule has 1 aliphatic heterocycles. The van der Waals surface area contributed by atoms with E-state index >= 15 is 0 Å². The molecule has 3 heterocycles. The van der Waals surface area contributed by atoms with E-state index in [4.69, 9.17) is 0 Å². The Labute approximate surface area is 158 Å². The van der Waals surface area contributed by atoms with Crippen LogP contribution in [0.3, 0.4) is 0 Å². The number of hydrogen-bond acceptors (Lipinski definition) is 5. The molecule has 0 bridgehead atoms. The predicted molar refractivity (Wildman–Crippen MR) is 95.6 cm³/mol. The standard InChI is InChI=1S/C18H19F3N6O/c19-18(20,21)12-26-16(24-14-5-2-1-4-13(14)17(26)28)15-6-3-9-25(15)10-11-27-22-7-8-23-27/h1-2,4-5,7-8,15H,3,6,9-12H2. The fourth-order valence-electron chi connectivity index (χ4n) is 3.73. The van der Waals surface area contributed by atoms with Crippen LogP contribution < -0.4 is 5.56 Å². The Hall–Kier alpha value is -2.75. The monoisotopic (exact) mass is 392 g/mol. The van der Waals surface area contributed by atoms with E-state index in [1.165, 1.54) is 10.9 Å². The first-order valence-corrected chi connectivity index (χ1v) is 9.07. The highest BCUT2D eigenvalue weighted by atomic mass is 19.4. The van der Waals surface area contributed by atoms with Gasteiger partial charge in [-0.2, -0.15) is 28.2 Å². The van der Waals surface area contributed by atoms with Crippen LogP contribution in [0.5, 0.6) is 0 Å². The van der Waals surface area contributed by atoms with E-state index in [0.29, 0.717) is 25.0 Å². The summed E-state index contributed by atoms with van der Waals surface area (Å²) in [6.45, 7) is 0.458. The average molecular weight is 392 g/mol. The lowest BCUT2D eigenvalue weighted by atomic mass is 10.1. The van der Waals surface area contributed by atoms with E-state index in [0.717, 1.165) is 17.5 Å². The summed E-state index contributed by atoms with van der Waals surface area (Å²) in [6, 6.07) is 6.17. The summed E-state index contributed by atoms with van der Waals surface area (Å²) in [6.07, 6.45) is 0.118. The Morgan fingerprint density at radius 1 is 1.11 bits per heavy atom. The second-order valence-corrected chi connectivity index (χ2v) is 6.81. The van der Waals surface area contributed by atoms with E-state index in [1.54, 1.807) is 30.6 Å². The molecule has 0 saturated carbocycles. The summed E-state index contributed by atoms with van der Waals surface area (Å²) in [4.78, 5) is 20.9. The van der Waals surface area contributed by atoms with Gasteiger partial charge in [0.15, 0.2) is 0 Å². The van der Waals surface area contributed by atoms with E-state index in [-0.39, 0.29) is 17.3 Å². The predicted octanol–water partition coefficient (Wildman–Crippen LogP) is 2.39. The third kappa shape index (κ3) is 3.77. The first-order valence-electron chi connectivity index (χ1n) is 9.07. The fourth-order valence-corrected chi connectivity index (χ4v) is 3.73. The van der Waals surface area contributed by atoms with Gasteiger partial charge in [-0.1, -0.05) is 12.1 Å². The summed E-state index contributed by atoms with van der Waals surface area (Å²) in [5, 5.41) is 8.31. The van der Waals surface area contributed by atoms with Gasteiger partial charge in [0, 0.05) is 6.54 Å². The van der Waals surface area contributed by atoms with E-state index < -0.39 is 18.3 Å². The Morgan fingerprint density at radius 3 is 2.61 bits per heavy atom. The summed E-state index contributed by atoms with van der Waals surface area (Å²) < 4.78 is 40.4. The smallest absolute Gasteiger partial charge is 0.292 e. The number of halogens is 3. The van der Waals surface area contributed by atoms with Crippen LogP contribution in [0.4, 0.5) is 13.2 Å². The van der Waals surface area contributed by atoms with Gasteiger partial charge < -0.3 is 0 Å². The lowest BCUT2D eigenvalue weighted by Gasteiger charge is -2.26. The van der Waals surface area contributed by atoms with Crippen LogP contribution >= 0.6 is 0 Å². The number of hydrogen-bond donors (Lipinski definition) is 0. The maximum absolute atomic E-state index is 13.2. The largest absolute Gasteiger partial charge is 0.406 e. The molecule has 148 valence electrons. The lowest BCUT2D eigenvalue weighted by Crippen LogP contribution is -2.36. The van der Waals surface area contributed by atoms with Crippen molar-refractivity contribution in [2.75, 3.05) is 13.1 Å². The van der Waals surface area contributed by atoms with Crippen LogP contribution in [0.25, 0.3) is 10.9 Å². The van der Waals surface area contributed by atoms with Crippen LogP contribution in [0.2, 0.25) is 0 Å². The summed E-state index contributed by atoms with van der Waals surface area (Å²) >= 11 is 0. The van der Waals surface area contributed by atoms with Crippen LogP contribution in [0.15, 0.2) is 41.5 Å². The molecule has 1 unspecified atom stereocenters. The molecule has 0 aliphatic carbocycles. The van der Waals surface area contributed by atoms with E-state index in [2.05, 4.69) is 15.2 Å². The van der Waals surface area contributed by atoms with Crippen molar-refractivity contribution >= 4 is 10.9 Å². The minimum atomic E-state index is -4.51. The number of alkyl halides is 3. The zero-order chi connectivity index (χ0) is 19.7. The van der Waals surface area contributed by atoms with Crippen molar-refractivity contribution in [1.82, 2.24) is 29.4 Å². The van der Waals surface area contributed by atoms with Crippen LogP contribution in [0, 0.1) is 0 Å². The number of fused-ring (bicyclic) bond motifs is 1. The van der Waals surface area contributed by atoms with Crippen molar-refractivity contribution in [2.45, 2.75) is 38.1 Å². The van der Waals surface area contributed by atoms with Crippen molar-refractivity contribution in [1.29, 1.82) is 0 Å². The Morgan fingerprint density at radius 2 is 1.86 bits per heavy atom. The average Bonchev–Trinajstić information content (AvgIpc) is 3.32. The van der Waals surface area contributed by atoms with Gasteiger partial charge in [-0.15, -0.1) is 0 Å². The molecule has 0 N–H and O–H groups in total. The molecule has 1 aliphatic rings. The van der Waals surface area contributed by atoms with Crippen LogP contribution in [-0.2, 0) is 13.1 Å². The highest BCUT2D eigenvalue weighted by molar-refractivity contribution is 5.77. The third-order valence-corrected chi connectivity index (χ3v) is 4.94. The van der Waals surface area contributed by atoms with Gasteiger partial charge in [0.1, 0.15) is 12.4 Å². The topological polar surface area (TPSA) is 68.8 Å². The summed E-state index contributed by atoms with van der Waals surface area (Å²) in [5.74, 6) is 0.173. The molecule has 1 atom stereocenters. The minimum Gasteiger partial charge on any atom is -0.292 e. The summed E-state index contributed by atoms with van der Waals surface area (Å²) in [7, 11) is 0. The summed E-state index contributed by atoms with van der Waals surface area (Å²) in [5.41, 5.74) is -0.236. The van der Waals surface area contributed by atoms with Crippen molar-refractivity contribution in [2.24, 2.45) is 0 Å². The fraction of sp³-hybridized carbons (Fsp3) is 0.444. The van der Waals surface area contributed by atoms with Crippen molar-refractivity contribution in [3.8, 4) is 0 Å². The Kier molecular flexibility index (Phi) is 4.88. The normalized spacial score (nSPS) is 18.2. The molecule has 1 saturated heterocycles. The van der Waals surface area contributed by atoms with Gasteiger partial charge in [0.25, 0.3) is 5.56 Å². The molecule has 0 radical (unpaired) electrons. The first kappa shape index (κ1) is 18.6. The lowest BCUT2D eigenvalue weighted by molar-refractivity contribution is -0.142. The minimum absolute atomic E-state index is 0.173. The molecule has 7 nitrogen and oxygen atoms in total. The first-order chi connectivity index (χ1) is 13.4. The Balaban J connectivity index is 1.73. The molecule has 1 aromatic carbocycles. The quantitative estimate of drug-likeness (QED) is 0.667. The van der Waals surface area contributed by atoms with Gasteiger partial charge in [-0.25, -0.2) is 4.98 Å². The molecule has 28 heavy (non-hydrogen) atoms. The maximum atomic E-state index is 13.2. The number of para-hydroxylation sites is 1.